The highest BCUT2D eigenvalue weighted by Crippen LogP contribution is 2.55. The number of aryl methyl sites for hydroxylation is 1. The van der Waals surface area contributed by atoms with E-state index >= 15 is 0 Å². The lowest BCUT2D eigenvalue weighted by atomic mass is 9.88. The predicted octanol–water partition coefficient (Wildman–Crippen LogP) is 2.80. The first kappa shape index (κ1) is 18.5. The Morgan fingerprint density at radius 1 is 1.31 bits per heavy atom. The van der Waals surface area contributed by atoms with E-state index in [9.17, 15) is 9.59 Å². The van der Waals surface area contributed by atoms with Crippen molar-refractivity contribution in [2.24, 2.45) is 23.7 Å². The van der Waals surface area contributed by atoms with Gasteiger partial charge in [-0.3, -0.25) is 9.59 Å². The van der Waals surface area contributed by atoms with E-state index in [4.69, 9.17) is 19.7 Å². The fourth-order valence-electron chi connectivity index (χ4n) is 4.19. The number of benzene rings is 1. The van der Waals surface area contributed by atoms with E-state index in [-0.39, 0.29) is 47.5 Å². The van der Waals surface area contributed by atoms with Crippen molar-refractivity contribution in [3.63, 3.8) is 0 Å². The van der Waals surface area contributed by atoms with Crippen LogP contribution in [0.4, 0.5) is 0 Å². The molecule has 2 bridgehead atoms. The van der Waals surface area contributed by atoms with Gasteiger partial charge in [-0.25, -0.2) is 0 Å². The molecule has 6 heteroatoms. The van der Waals surface area contributed by atoms with Gasteiger partial charge in [0.05, 0.1) is 11.8 Å². The highest BCUT2D eigenvalue weighted by molar-refractivity contribution is 5.77. The summed E-state index contributed by atoms with van der Waals surface area (Å²) < 4.78 is 10.8. The summed E-state index contributed by atoms with van der Waals surface area (Å²) in [6, 6.07) is 4.63. The second-order valence-electron chi connectivity index (χ2n) is 7.63. The molecule has 1 aromatic rings. The van der Waals surface area contributed by atoms with E-state index in [0.29, 0.717) is 11.8 Å². The quantitative estimate of drug-likeness (QED) is 0.803. The van der Waals surface area contributed by atoms with Crippen LogP contribution in [0.2, 0.25) is 0 Å². The molecule has 3 fully saturated rings. The zero-order valence-electron chi connectivity index (χ0n) is 15.3. The van der Waals surface area contributed by atoms with Crippen LogP contribution in [0.25, 0.3) is 0 Å². The number of phenolic OH excluding ortho intramolecular Hbond substituents is 2. The van der Waals surface area contributed by atoms with Gasteiger partial charge in [0, 0.05) is 17.9 Å². The summed E-state index contributed by atoms with van der Waals surface area (Å²) >= 11 is 0. The lowest BCUT2D eigenvalue weighted by Gasteiger charge is -2.25. The number of rotatable bonds is 3. The summed E-state index contributed by atoms with van der Waals surface area (Å²) in [5.74, 6) is 0.627. The number of fused-ring (bicyclic) bond motifs is 1. The Bertz CT molecular complexity index is 698. The Morgan fingerprint density at radius 2 is 2.04 bits per heavy atom. The van der Waals surface area contributed by atoms with Crippen LogP contribution in [0.15, 0.2) is 18.2 Å². The normalized spacial score (nSPS) is 30.8. The van der Waals surface area contributed by atoms with Gasteiger partial charge in [0.1, 0.15) is 23.7 Å². The minimum absolute atomic E-state index is 0.0828. The highest BCUT2D eigenvalue weighted by Gasteiger charge is 2.63. The van der Waals surface area contributed by atoms with Gasteiger partial charge in [-0.2, -0.15) is 0 Å². The molecule has 2 aliphatic carbocycles. The molecule has 4 rings (SSSR count). The number of ether oxygens (including phenoxy) is 2. The molecular weight excluding hydrogens is 336 g/mol. The van der Waals surface area contributed by atoms with Crippen LogP contribution in [0.5, 0.6) is 11.5 Å². The fraction of sp³-hybridized carbons (Fsp3) is 0.600. The van der Waals surface area contributed by atoms with E-state index in [1.807, 2.05) is 20.8 Å². The average molecular weight is 362 g/mol. The van der Waals surface area contributed by atoms with Gasteiger partial charge in [-0.15, -0.1) is 0 Å². The van der Waals surface area contributed by atoms with Crippen LogP contribution >= 0.6 is 0 Å². The second kappa shape index (κ2) is 7.17. The van der Waals surface area contributed by atoms with Crippen molar-refractivity contribution >= 4 is 11.9 Å². The lowest BCUT2D eigenvalue weighted by Crippen LogP contribution is -2.36. The van der Waals surface area contributed by atoms with Crippen molar-refractivity contribution in [1.29, 1.82) is 0 Å². The molecule has 0 radical (unpaired) electrons. The molecule has 5 atom stereocenters. The minimum Gasteiger partial charge on any atom is -0.508 e. The molecule has 1 saturated heterocycles. The molecule has 142 valence electrons. The molecule has 2 saturated carbocycles. The summed E-state index contributed by atoms with van der Waals surface area (Å²) in [4.78, 5) is 23.1. The number of carbonyl (C=O) groups is 2. The maximum atomic E-state index is 11.6. The standard InChI is InChI=1S/C12H16O4.C8H10O2/c1-5(2)11(13)15-9-6-3-7-8(4-6)12(14)16-10(7)9;1-2-6-3-4-7(9)5-8(6)10/h5-10H,3-4H2,1-2H3;3-5,9-10H,2H2,1H3. The molecule has 1 aliphatic heterocycles. The molecule has 1 heterocycles. The van der Waals surface area contributed by atoms with Crippen LogP contribution in [0.3, 0.4) is 0 Å². The molecular formula is C20H26O6. The number of esters is 2. The van der Waals surface area contributed by atoms with E-state index in [2.05, 4.69) is 0 Å². The summed E-state index contributed by atoms with van der Waals surface area (Å²) in [6.45, 7) is 5.59. The Hall–Kier alpha value is -2.24. The van der Waals surface area contributed by atoms with Crippen molar-refractivity contribution in [1.82, 2.24) is 0 Å². The maximum Gasteiger partial charge on any atom is 0.309 e. The van der Waals surface area contributed by atoms with Gasteiger partial charge >= 0.3 is 11.9 Å². The van der Waals surface area contributed by atoms with Crippen LogP contribution in [0, 0.1) is 23.7 Å². The first-order chi connectivity index (χ1) is 12.3. The molecule has 0 amide bonds. The molecule has 1 aromatic carbocycles. The molecule has 0 spiro atoms. The van der Waals surface area contributed by atoms with Crippen LogP contribution in [0.1, 0.15) is 39.2 Å². The molecule has 2 N–H and O–H groups in total. The van der Waals surface area contributed by atoms with Crippen molar-refractivity contribution in [3.05, 3.63) is 23.8 Å². The average Bonchev–Trinajstić information content (AvgIpc) is 3.20. The highest BCUT2D eigenvalue weighted by atomic mass is 16.6. The van der Waals surface area contributed by atoms with Gasteiger partial charge < -0.3 is 19.7 Å². The van der Waals surface area contributed by atoms with Crippen molar-refractivity contribution in [2.45, 2.75) is 52.2 Å². The summed E-state index contributed by atoms with van der Waals surface area (Å²) in [5.41, 5.74) is 0.859. The number of phenols is 2. The smallest absolute Gasteiger partial charge is 0.309 e. The van der Waals surface area contributed by atoms with E-state index < -0.39 is 0 Å². The minimum atomic E-state index is -0.183. The Kier molecular flexibility index (Phi) is 5.12. The third-order valence-electron chi connectivity index (χ3n) is 5.59. The summed E-state index contributed by atoms with van der Waals surface area (Å²) in [6.07, 6.45) is 2.28. The molecule has 6 nitrogen and oxygen atoms in total. The maximum absolute atomic E-state index is 11.6. The number of hydrogen-bond acceptors (Lipinski definition) is 6. The van der Waals surface area contributed by atoms with Gasteiger partial charge in [0.2, 0.25) is 0 Å². The van der Waals surface area contributed by atoms with Gasteiger partial charge in [-0.1, -0.05) is 26.8 Å². The predicted molar refractivity (Wildman–Crippen MR) is 93.5 cm³/mol. The Balaban J connectivity index is 0.000000170. The first-order valence-electron chi connectivity index (χ1n) is 9.23. The van der Waals surface area contributed by atoms with E-state index in [0.717, 1.165) is 24.8 Å². The first-order valence-corrected chi connectivity index (χ1v) is 9.23. The molecule has 3 aliphatic rings. The SMILES string of the molecule is CC(C)C(=O)OC1C2CC3C(=O)OC1C3C2.CCc1ccc(O)cc1O. The van der Waals surface area contributed by atoms with Crippen molar-refractivity contribution in [2.75, 3.05) is 0 Å². The van der Waals surface area contributed by atoms with Crippen LogP contribution in [-0.4, -0.2) is 34.4 Å². The monoisotopic (exact) mass is 362 g/mol. The van der Waals surface area contributed by atoms with E-state index in [1.165, 1.54) is 6.07 Å². The molecule has 26 heavy (non-hydrogen) atoms. The number of carbonyl (C=O) groups excluding carboxylic acids is 2. The molecule has 0 aromatic heterocycles. The van der Waals surface area contributed by atoms with Crippen LogP contribution in [-0.2, 0) is 25.5 Å². The van der Waals surface area contributed by atoms with Gasteiger partial charge in [0.15, 0.2) is 0 Å². The zero-order valence-corrected chi connectivity index (χ0v) is 15.3. The van der Waals surface area contributed by atoms with Crippen molar-refractivity contribution < 1.29 is 29.3 Å². The molecule has 5 unspecified atom stereocenters. The van der Waals surface area contributed by atoms with Crippen molar-refractivity contribution in [3.8, 4) is 11.5 Å². The Morgan fingerprint density at radius 3 is 2.65 bits per heavy atom. The van der Waals surface area contributed by atoms with Crippen LogP contribution < -0.4 is 0 Å². The van der Waals surface area contributed by atoms with Gasteiger partial charge in [0.25, 0.3) is 0 Å². The zero-order chi connectivity index (χ0) is 19.0. The second-order valence-corrected chi connectivity index (χ2v) is 7.63. The fourth-order valence-corrected chi connectivity index (χ4v) is 4.19. The third kappa shape index (κ3) is 3.37. The number of hydrogen-bond donors (Lipinski definition) is 2. The summed E-state index contributed by atoms with van der Waals surface area (Å²) in [7, 11) is 0. The van der Waals surface area contributed by atoms with Gasteiger partial charge in [-0.05, 0) is 30.9 Å². The van der Waals surface area contributed by atoms with E-state index in [1.54, 1.807) is 12.1 Å². The topological polar surface area (TPSA) is 93.1 Å². The largest absolute Gasteiger partial charge is 0.508 e. The third-order valence-corrected chi connectivity index (χ3v) is 5.59. The number of aromatic hydroxyl groups is 2. The lowest BCUT2D eigenvalue weighted by molar-refractivity contribution is -0.164. The Labute approximate surface area is 153 Å². The summed E-state index contributed by atoms with van der Waals surface area (Å²) in [5, 5.41) is 18.0.